The van der Waals surface area contributed by atoms with Crippen molar-refractivity contribution in [1.82, 2.24) is 0 Å². The van der Waals surface area contributed by atoms with E-state index in [1.807, 2.05) is 0 Å². The second-order valence-corrected chi connectivity index (χ2v) is 5.52. The fourth-order valence-corrected chi connectivity index (χ4v) is 2.65. The van der Waals surface area contributed by atoms with E-state index in [4.69, 9.17) is 0 Å². The number of rotatable bonds is 9. The quantitative estimate of drug-likeness (QED) is 0.415. The van der Waals surface area contributed by atoms with Crippen molar-refractivity contribution in [1.29, 1.82) is 0 Å². The first-order chi connectivity index (χ1) is 8.38. The van der Waals surface area contributed by atoms with E-state index in [1.165, 1.54) is 51.4 Å². The summed E-state index contributed by atoms with van der Waals surface area (Å²) >= 11 is 3.48. The van der Waals surface area contributed by atoms with Crippen LogP contribution in [0.1, 0.15) is 56.6 Å². The zero-order valence-electron chi connectivity index (χ0n) is 11.1. The van der Waals surface area contributed by atoms with Gasteiger partial charge in [0.25, 0.3) is 0 Å². The molecule has 1 aromatic rings. The zero-order valence-corrected chi connectivity index (χ0v) is 12.6. The smallest absolute Gasteiger partial charge is 0.00313 e. The predicted octanol–water partition coefficient (Wildman–Crippen LogP) is 5.53. The summed E-state index contributed by atoms with van der Waals surface area (Å²) in [6, 6.07) is 8.96. The van der Waals surface area contributed by atoms with Crippen LogP contribution in [0.15, 0.2) is 24.3 Å². The third kappa shape index (κ3) is 6.26. The molecule has 0 nitrogen and oxygen atoms in total. The summed E-state index contributed by atoms with van der Waals surface area (Å²) in [6.07, 6.45) is 10.6. The Bertz CT molecular complexity index is 293. The average molecular weight is 297 g/mol. The molecule has 0 saturated heterocycles. The van der Waals surface area contributed by atoms with Crippen LogP contribution in [0, 0.1) is 0 Å². The van der Waals surface area contributed by atoms with E-state index in [0.29, 0.717) is 0 Å². The summed E-state index contributed by atoms with van der Waals surface area (Å²) in [6.45, 7) is 2.26. The molecule has 0 spiro atoms. The Balaban J connectivity index is 2.25. The number of aryl methyl sites for hydroxylation is 2. The maximum Gasteiger partial charge on any atom is 0.00313 e. The molecular weight excluding hydrogens is 272 g/mol. The van der Waals surface area contributed by atoms with E-state index in [2.05, 4.69) is 47.1 Å². The highest BCUT2D eigenvalue weighted by atomic mass is 79.9. The van der Waals surface area contributed by atoms with Gasteiger partial charge in [-0.15, -0.1) is 0 Å². The van der Waals surface area contributed by atoms with Crippen molar-refractivity contribution >= 4 is 15.9 Å². The van der Waals surface area contributed by atoms with Gasteiger partial charge in [0.1, 0.15) is 0 Å². The highest BCUT2D eigenvalue weighted by molar-refractivity contribution is 9.09. The molecule has 0 unspecified atom stereocenters. The lowest BCUT2D eigenvalue weighted by molar-refractivity contribution is 0.633. The fourth-order valence-electron chi connectivity index (χ4n) is 2.25. The molecule has 0 aliphatic carbocycles. The van der Waals surface area contributed by atoms with Gasteiger partial charge in [-0.25, -0.2) is 0 Å². The van der Waals surface area contributed by atoms with Gasteiger partial charge in [-0.2, -0.15) is 0 Å². The van der Waals surface area contributed by atoms with Crippen molar-refractivity contribution in [3.8, 4) is 0 Å². The molecule has 0 bridgehead atoms. The highest BCUT2D eigenvalue weighted by Gasteiger charge is 2.00. The topological polar surface area (TPSA) is 0 Å². The van der Waals surface area contributed by atoms with E-state index < -0.39 is 0 Å². The van der Waals surface area contributed by atoms with Gasteiger partial charge in [0.15, 0.2) is 0 Å². The molecule has 0 radical (unpaired) electrons. The lowest BCUT2D eigenvalue weighted by Crippen LogP contribution is -1.94. The van der Waals surface area contributed by atoms with Crippen molar-refractivity contribution in [2.24, 2.45) is 0 Å². The first kappa shape index (κ1) is 14.8. The van der Waals surface area contributed by atoms with Gasteiger partial charge < -0.3 is 0 Å². The van der Waals surface area contributed by atoms with Crippen molar-refractivity contribution in [2.45, 2.75) is 58.3 Å². The number of benzene rings is 1. The van der Waals surface area contributed by atoms with Crippen LogP contribution in [0.2, 0.25) is 0 Å². The largest absolute Gasteiger partial charge is 0.0928 e. The van der Waals surface area contributed by atoms with Crippen LogP contribution in [-0.4, -0.2) is 5.33 Å². The molecule has 0 aliphatic heterocycles. The second kappa shape index (κ2) is 9.70. The van der Waals surface area contributed by atoms with Crippen molar-refractivity contribution in [3.05, 3.63) is 35.4 Å². The molecule has 0 fully saturated rings. The predicted molar refractivity (Wildman–Crippen MR) is 81.0 cm³/mol. The lowest BCUT2D eigenvalue weighted by atomic mass is 9.98. The van der Waals surface area contributed by atoms with Gasteiger partial charge in [0.05, 0.1) is 0 Å². The maximum atomic E-state index is 3.48. The standard InChI is InChI=1S/C16H25Br/c1-2-10-15-12-7-8-13-16(15)11-6-4-3-5-9-14-17/h7-8,12-13H,2-6,9-11,14H2,1H3. The molecule has 0 N–H and O–H groups in total. The summed E-state index contributed by atoms with van der Waals surface area (Å²) in [5.41, 5.74) is 3.14. The molecule has 1 aromatic carbocycles. The normalized spacial score (nSPS) is 10.7. The minimum absolute atomic E-state index is 1.16. The van der Waals surface area contributed by atoms with Crippen molar-refractivity contribution in [3.63, 3.8) is 0 Å². The Morgan fingerprint density at radius 2 is 1.41 bits per heavy atom. The maximum absolute atomic E-state index is 3.48. The number of hydrogen-bond acceptors (Lipinski definition) is 0. The van der Waals surface area contributed by atoms with Crippen molar-refractivity contribution < 1.29 is 0 Å². The minimum atomic E-state index is 1.16. The van der Waals surface area contributed by atoms with Crippen molar-refractivity contribution in [2.75, 3.05) is 5.33 Å². The molecule has 0 heterocycles. The van der Waals surface area contributed by atoms with Gasteiger partial charge in [0, 0.05) is 5.33 Å². The van der Waals surface area contributed by atoms with E-state index >= 15 is 0 Å². The third-order valence-corrected chi connectivity index (χ3v) is 3.78. The first-order valence-electron chi connectivity index (χ1n) is 7.01. The Morgan fingerprint density at radius 3 is 2.06 bits per heavy atom. The highest BCUT2D eigenvalue weighted by Crippen LogP contribution is 2.15. The SMILES string of the molecule is CCCc1ccccc1CCCCCCCBr. The fraction of sp³-hybridized carbons (Fsp3) is 0.625. The molecule has 0 amide bonds. The van der Waals surface area contributed by atoms with Crippen LogP contribution < -0.4 is 0 Å². The van der Waals surface area contributed by atoms with Crippen LogP contribution in [0.4, 0.5) is 0 Å². The Hall–Kier alpha value is -0.300. The molecule has 17 heavy (non-hydrogen) atoms. The molecule has 1 rings (SSSR count). The minimum Gasteiger partial charge on any atom is -0.0928 e. The summed E-state index contributed by atoms with van der Waals surface area (Å²) in [4.78, 5) is 0. The second-order valence-electron chi connectivity index (χ2n) is 4.73. The Morgan fingerprint density at radius 1 is 0.824 bits per heavy atom. The zero-order chi connectivity index (χ0) is 12.3. The summed E-state index contributed by atoms with van der Waals surface area (Å²) < 4.78 is 0. The van der Waals surface area contributed by atoms with E-state index in [1.54, 1.807) is 11.1 Å². The molecular formula is C16H25Br. The number of hydrogen-bond donors (Lipinski definition) is 0. The van der Waals surface area contributed by atoms with Crippen LogP contribution >= 0.6 is 15.9 Å². The molecule has 1 heteroatoms. The van der Waals surface area contributed by atoms with Gasteiger partial charge >= 0.3 is 0 Å². The summed E-state index contributed by atoms with van der Waals surface area (Å²) in [5.74, 6) is 0. The van der Waals surface area contributed by atoms with E-state index in [9.17, 15) is 0 Å². The van der Waals surface area contributed by atoms with Gasteiger partial charge in [-0.1, -0.05) is 72.8 Å². The van der Waals surface area contributed by atoms with Gasteiger partial charge in [-0.05, 0) is 36.8 Å². The average Bonchev–Trinajstić information content (AvgIpc) is 2.36. The van der Waals surface area contributed by atoms with Crippen LogP contribution in [-0.2, 0) is 12.8 Å². The molecule has 96 valence electrons. The third-order valence-electron chi connectivity index (χ3n) is 3.22. The van der Waals surface area contributed by atoms with Crippen LogP contribution in [0.25, 0.3) is 0 Å². The lowest BCUT2D eigenvalue weighted by Gasteiger charge is -2.08. The monoisotopic (exact) mass is 296 g/mol. The summed E-state index contributed by atoms with van der Waals surface area (Å²) in [7, 11) is 0. The first-order valence-corrected chi connectivity index (χ1v) is 8.13. The molecule has 0 saturated carbocycles. The Labute approximate surface area is 115 Å². The van der Waals surface area contributed by atoms with Crippen LogP contribution in [0.5, 0.6) is 0 Å². The van der Waals surface area contributed by atoms with E-state index in [-0.39, 0.29) is 0 Å². The molecule has 0 aliphatic rings. The van der Waals surface area contributed by atoms with E-state index in [0.717, 1.165) is 5.33 Å². The molecule has 0 atom stereocenters. The van der Waals surface area contributed by atoms with Gasteiger partial charge in [0.2, 0.25) is 0 Å². The number of halogens is 1. The summed E-state index contributed by atoms with van der Waals surface area (Å²) in [5, 5.41) is 1.16. The van der Waals surface area contributed by atoms with Crippen LogP contribution in [0.3, 0.4) is 0 Å². The van der Waals surface area contributed by atoms with Gasteiger partial charge in [-0.3, -0.25) is 0 Å². The Kier molecular flexibility index (Phi) is 8.42. The number of unbranched alkanes of at least 4 members (excludes halogenated alkanes) is 4. The number of alkyl halides is 1. The molecule has 0 aromatic heterocycles.